The summed E-state index contributed by atoms with van der Waals surface area (Å²) < 4.78 is 25.5. The molecule has 3 aromatic carbocycles. The number of ether oxygens (including phenoxy) is 2. The number of methoxy groups -OCH3 is 2. The van der Waals surface area contributed by atoms with E-state index in [2.05, 4.69) is 0 Å². The second kappa shape index (κ2) is 11.0. The summed E-state index contributed by atoms with van der Waals surface area (Å²) >= 11 is 6.32. The number of benzene rings is 3. The Balaban J connectivity index is 1.85. The SMILES string of the molecule is COC(=O)C1=C(N)N(c2ccccc2F)C2=C(C(=O)[C@H](C(=O)OC)[C@@H](c3ccccc3)C2)[C@H]1c1cccc(Cl)c1. The van der Waals surface area contributed by atoms with Crippen molar-refractivity contribution >= 4 is 35.0 Å². The summed E-state index contributed by atoms with van der Waals surface area (Å²) in [6, 6.07) is 21.7. The summed E-state index contributed by atoms with van der Waals surface area (Å²) in [5.74, 6) is -5.64. The molecule has 9 heteroatoms. The third-order valence-electron chi connectivity index (χ3n) is 7.40. The van der Waals surface area contributed by atoms with Crippen LogP contribution in [0.25, 0.3) is 0 Å². The molecule has 0 saturated heterocycles. The van der Waals surface area contributed by atoms with Crippen LogP contribution >= 0.6 is 11.6 Å². The van der Waals surface area contributed by atoms with E-state index < -0.39 is 41.3 Å². The van der Waals surface area contributed by atoms with Gasteiger partial charge in [0.2, 0.25) is 0 Å². The van der Waals surface area contributed by atoms with E-state index in [0.29, 0.717) is 16.3 Å². The third-order valence-corrected chi connectivity index (χ3v) is 7.64. The molecule has 7 nitrogen and oxygen atoms in total. The van der Waals surface area contributed by atoms with Gasteiger partial charge in [0, 0.05) is 22.2 Å². The minimum Gasteiger partial charge on any atom is -0.468 e. The predicted molar refractivity (Wildman–Crippen MR) is 148 cm³/mol. The number of halogens is 2. The van der Waals surface area contributed by atoms with E-state index in [-0.39, 0.29) is 29.1 Å². The normalized spacial score (nSPS) is 20.8. The molecular formula is C31H26ClFN2O5. The van der Waals surface area contributed by atoms with Crippen LogP contribution in [0.4, 0.5) is 10.1 Å². The van der Waals surface area contributed by atoms with E-state index in [1.165, 1.54) is 37.3 Å². The summed E-state index contributed by atoms with van der Waals surface area (Å²) in [7, 11) is 2.42. The van der Waals surface area contributed by atoms with E-state index in [4.69, 9.17) is 26.8 Å². The Bertz CT molecular complexity index is 1570. The number of hydrogen-bond acceptors (Lipinski definition) is 7. The van der Waals surface area contributed by atoms with E-state index in [0.717, 1.165) is 5.56 Å². The molecule has 204 valence electrons. The first-order valence-corrected chi connectivity index (χ1v) is 12.9. The zero-order valence-corrected chi connectivity index (χ0v) is 22.5. The lowest BCUT2D eigenvalue weighted by atomic mass is 9.67. The minimum atomic E-state index is -1.21. The summed E-state index contributed by atoms with van der Waals surface area (Å²) in [5, 5.41) is 0.369. The van der Waals surface area contributed by atoms with E-state index in [1.807, 2.05) is 30.3 Å². The molecule has 0 aromatic heterocycles. The number of rotatable bonds is 5. The highest BCUT2D eigenvalue weighted by Gasteiger charge is 2.51. The molecule has 2 aliphatic rings. The molecule has 1 heterocycles. The largest absolute Gasteiger partial charge is 0.468 e. The number of nitrogens with two attached hydrogens (primary N) is 1. The van der Waals surface area contributed by atoms with Crippen molar-refractivity contribution in [3.8, 4) is 0 Å². The van der Waals surface area contributed by atoms with Gasteiger partial charge in [0.15, 0.2) is 5.78 Å². The minimum absolute atomic E-state index is 0.0505. The summed E-state index contributed by atoms with van der Waals surface area (Å²) in [6.07, 6.45) is 0.130. The molecule has 0 unspecified atom stereocenters. The van der Waals surface area contributed by atoms with Crippen molar-refractivity contribution in [2.75, 3.05) is 19.1 Å². The third kappa shape index (κ3) is 4.54. The van der Waals surface area contributed by atoms with Gasteiger partial charge >= 0.3 is 11.9 Å². The van der Waals surface area contributed by atoms with Gasteiger partial charge in [-0.2, -0.15) is 0 Å². The second-order valence-electron chi connectivity index (χ2n) is 9.51. The molecule has 1 aliphatic heterocycles. The standard InChI is InChI=1S/C31H26ClFN2O5/c1-39-30(37)25-20(17-9-4-3-5-10-17)16-23-26(28(25)36)24(18-11-8-12-19(32)15-18)27(31(38)40-2)29(34)35(23)22-14-7-6-13-21(22)33/h3-15,20,24-25H,16,34H2,1-2H3/t20-,24-,25-/m1/s1. The van der Waals surface area contributed by atoms with Gasteiger partial charge in [-0.1, -0.05) is 66.2 Å². The van der Waals surface area contributed by atoms with Crippen LogP contribution < -0.4 is 10.6 Å². The van der Waals surface area contributed by atoms with Gasteiger partial charge in [-0.25, -0.2) is 9.18 Å². The fourth-order valence-corrected chi connectivity index (χ4v) is 5.87. The van der Waals surface area contributed by atoms with E-state index in [1.54, 1.807) is 30.3 Å². The molecule has 0 bridgehead atoms. The molecular weight excluding hydrogens is 535 g/mol. The van der Waals surface area contributed by atoms with Gasteiger partial charge < -0.3 is 15.2 Å². The van der Waals surface area contributed by atoms with Crippen LogP contribution in [-0.4, -0.2) is 31.9 Å². The number of anilines is 1. The quantitative estimate of drug-likeness (QED) is 0.337. The maximum absolute atomic E-state index is 15.3. The van der Waals surface area contributed by atoms with Crippen molar-refractivity contribution in [2.45, 2.75) is 18.3 Å². The number of hydrogen-bond donors (Lipinski definition) is 1. The van der Waals surface area contributed by atoms with Crippen LogP contribution in [0.1, 0.15) is 29.4 Å². The first kappa shape index (κ1) is 27.1. The number of carbonyl (C=O) groups is 3. The van der Waals surface area contributed by atoms with Crippen molar-refractivity contribution < 1.29 is 28.2 Å². The lowest BCUT2D eigenvalue weighted by Gasteiger charge is -2.44. The number of carbonyl (C=O) groups excluding carboxylic acids is 3. The van der Waals surface area contributed by atoms with Crippen molar-refractivity contribution in [1.82, 2.24) is 0 Å². The zero-order valence-electron chi connectivity index (χ0n) is 21.8. The number of ketones is 1. The molecule has 0 spiro atoms. The van der Waals surface area contributed by atoms with Crippen LogP contribution in [-0.2, 0) is 23.9 Å². The average molecular weight is 561 g/mol. The molecule has 2 N–H and O–H groups in total. The summed E-state index contributed by atoms with van der Waals surface area (Å²) in [4.78, 5) is 42.4. The van der Waals surface area contributed by atoms with Gasteiger partial charge in [-0.05, 0) is 41.8 Å². The second-order valence-corrected chi connectivity index (χ2v) is 9.95. The zero-order chi connectivity index (χ0) is 28.6. The Kier molecular flexibility index (Phi) is 7.45. The lowest BCUT2D eigenvalue weighted by molar-refractivity contribution is -0.150. The van der Waals surface area contributed by atoms with Crippen molar-refractivity contribution in [2.24, 2.45) is 11.7 Å². The number of allylic oxidation sites excluding steroid dienone is 2. The summed E-state index contributed by atoms with van der Waals surface area (Å²) in [6.45, 7) is 0. The number of para-hydroxylation sites is 1. The van der Waals surface area contributed by atoms with Gasteiger partial charge in [-0.3, -0.25) is 14.5 Å². The van der Waals surface area contributed by atoms with Gasteiger partial charge in [0.25, 0.3) is 0 Å². The fraction of sp³-hybridized carbons (Fsp3) is 0.194. The molecule has 0 saturated carbocycles. The van der Waals surface area contributed by atoms with Crippen LogP contribution in [0.2, 0.25) is 5.02 Å². The van der Waals surface area contributed by atoms with Crippen LogP contribution in [0.3, 0.4) is 0 Å². The Labute approximate surface area is 235 Å². The Morgan fingerprint density at radius 3 is 2.27 bits per heavy atom. The smallest absolute Gasteiger partial charge is 0.338 e. The maximum atomic E-state index is 15.3. The highest BCUT2D eigenvalue weighted by atomic mass is 35.5. The molecule has 40 heavy (non-hydrogen) atoms. The number of Topliss-reactive ketones (excluding diaryl/α,β-unsaturated/α-hetero) is 1. The number of nitrogens with zero attached hydrogens (tertiary/aromatic N) is 1. The van der Waals surface area contributed by atoms with Crippen molar-refractivity contribution in [3.05, 3.63) is 123 Å². The molecule has 0 fully saturated rings. The molecule has 3 atom stereocenters. The van der Waals surface area contributed by atoms with Crippen LogP contribution in [0.15, 0.2) is 102 Å². The first-order valence-electron chi connectivity index (χ1n) is 12.6. The van der Waals surface area contributed by atoms with E-state index >= 15 is 4.39 Å². The van der Waals surface area contributed by atoms with Crippen molar-refractivity contribution in [1.29, 1.82) is 0 Å². The van der Waals surface area contributed by atoms with Gasteiger partial charge in [0.05, 0.1) is 31.4 Å². The molecule has 0 radical (unpaired) electrons. The first-order chi connectivity index (χ1) is 19.3. The Morgan fingerprint density at radius 2 is 1.62 bits per heavy atom. The molecule has 3 aromatic rings. The van der Waals surface area contributed by atoms with Gasteiger partial charge in [-0.15, -0.1) is 0 Å². The fourth-order valence-electron chi connectivity index (χ4n) is 5.68. The molecule has 1 aliphatic carbocycles. The molecule has 0 amide bonds. The average Bonchev–Trinajstić information content (AvgIpc) is 2.96. The number of esters is 2. The monoisotopic (exact) mass is 560 g/mol. The van der Waals surface area contributed by atoms with E-state index in [9.17, 15) is 14.4 Å². The predicted octanol–water partition coefficient (Wildman–Crippen LogP) is 5.23. The highest BCUT2D eigenvalue weighted by molar-refractivity contribution is 6.30. The summed E-state index contributed by atoms with van der Waals surface area (Å²) in [5.41, 5.74) is 8.40. The van der Waals surface area contributed by atoms with Crippen LogP contribution in [0, 0.1) is 11.7 Å². The molecule has 5 rings (SSSR count). The topological polar surface area (TPSA) is 98.9 Å². The van der Waals surface area contributed by atoms with Crippen molar-refractivity contribution in [3.63, 3.8) is 0 Å². The highest BCUT2D eigenvalue weighted by Crippen LogP contribution is 2.51. The Hall–Kier alpha value is -4.43. The maximum Gasteiger partial charge on any atom is 0.338 e. The van der Waals surface area contributed by atoms with Crippen LogP contribution in [0.5, 0.6) is 0 Å². The van der Waals surface area contributed by atoms with Gasteiger partial charge in [0.1, 0.15) is 17.6 Å². The lowest BCUT2D eigenvalue weighted by Crippen LogP contribution is -2.46. The Morgan fingerprint density at radius 1 is 0.950 bits per heavy atom.